The molecular weight excluding hydrogens is 416 g/mol. The lowest BCUT2D eigenvalue weighted by Gasteiger charge is -2.14. The SMILES string of the molecule is COc1cc(C(=O)NN)cc(Br)c1OCc1ccc(Br)cc1. The Morgan fingerprint density at radius 3 is 2.50 bits per heavy atom. The molecule has 5 nitrogen and oxygen atoms in total. The van der Waals surface area contributed by atoms with Crippen molar-refractivity contribution in [2.45, 2.75) is 6.61 Å². The van der Waals surface area contributed by atoms with Crippen LogP contribution in [-0.4, -0.2) is 13.0 Å². The number of hydrogen-bond acceptors (Lipinski definition) is 4. The highest BCUT2D eigenvalue weighted by molar-refractivity contribution is 9.10. The number of amides is 1. The Bertz CT molecular complexity index is 675. The van der Waals surface area contributed by atoms with Gasteiger partial charge in [0.1, 0.15) is 6.61 Å². The topological polar surface area (TPSA) is 73.6 Å². The van der Waals surface area contributed by atoms with Crippen molar-refractivity contribution in [3.63, 3.8) is 0 Å². The number of ether oxygens (including phenoxy) is 2. The number of benzene rings is 2. The van der Waals surface area contributed by atoms with E-state index in [9.17, 15) is 4.79 Å². The summed E-state index contributed by atoms with van der Waals surface area (Å²) in [5.74, 6) is 5.71. The predicted molar refractivity (Wildman–Crippen MR) is 90.8 cm³/mol. The Hall–Kier alpha value is -1.57. The van der Waals surface area contributed by atoms with Crippen LogP contribution >= 0.6 is 31.9 Å². The van der Waals surface area contributed by atoms with E-state index >= 15 is 0 Å². The van der Waals surface area contributed by atoms with Gasteiger partial charge in [0.15, 0.2) is 11.5 Å². The van der Waals surface area contributed by atoms with Crippen LogP contribution in [0.1, 0.15) is 15.9 Å². The average Bonchev–Trinajstić information content (AvgIpc) is 2.53. The predicted octanol–water partition coefficient (Wildman–Crippen LogP) is 3.40. The summed E-state index contributed by atoms with van der Waals surface area (Å²) in [5.41, 5.74) is 3.47. The number of hydrazine groups is 1. The van der Waals surface area contributed by atoms with Crippen molar-refractivity contribution in [1.29, 1.82) is 0 Å². The molecular formula is C15H14Br2N2O3. The number of halogens is 2. The second kappa shape index (κ2) is 7.62. The summed E-state index contributed by atoms with van der Waals surface area (Å²) >= 11 is 6.78. The van der Waals surface area contributed by atoms with E-state index in [0.29, 0.717) is 28.1 Å². The molecule has 2 aromatic carbocycles. The summed E-state index contributed by atoms with van der Waals surface area (Å²) in [6, 6.07) is 11.0. The molecule has 7 heteroatoms. The van der Waals surface area contributed by atoms with Crippen LogP contribution in [0.3, 0.4) is 0 Å². The molecule has 2 rings (SSSR count). The number of carbonyl (C=O) groups is 1. The first kappa shape index (κ1) is 16.8. The first-order valence-electron chi connectivity index (χ1n) is 6.31. The molecule has 0 saturated carbocycles. The van der Waals surface area contributed by atoms with Crippen LogP contribution in [-0.2, 0) is 6.61 Å². The molecule has 0 aromatic heterocycles. The largest absolute Gasteiger partial charge is 0.493 e. The maximum absolute atomic E-state index is 11.6. The Labute approximate surface area is 145 Å². The molecule has 0 aliphatic rings. The highest BCUT2D eigenvalue weighted by Crippen LogP contribution is 2.37. The number of nitrogens with two attached hydrogens (primary N) is 1. The van der Waals surface area contributed by atoms with Crippen LogP contribution in [0.5, 0.6) is 11.5 Å². The van der Waals surface area contributed by atoms with Crippen molar-refractivity contribution in [3.05, 3.63) is 56.5 Å². The monoisotopic (exact) mass is 428 g/mol. The zero-order chi connectivity index (χ0) is 16.1. The zero-order valence-corrected chi connectivity index (χ0v) is 14.9. The molecule has 116 valence electrons. The molecule has 0 unspecified atom stereocenters. The molecule has 3 N–H and O–H groups in total. The third-order valence-corrected chi connectivity index (χ3v) is 4.04. The normalized spacial score (nSPS) is 10.2. The van der Waals surface area contributed by atoms with Gasteiger partial charge in [-0.05, 0) is 45.8 Å². The van der Waals surface area contributed by atoms with Gasteiger partial charge in [-0.25, -0.2) is 5.84 Å². The van der Waals surface area contributed by atoms with Gasteiger partial charge in [0.05, 0.1) is 11.6 Å². The van der Waals surface area contributed by atoms with E-state index in [1.807, 2.05) is 24.3 Å². The standard InChI is InChI=1S/C15H14Br2N2O3/c1-21-13-7-10(15(20)19-18)6-12(17)14(13)22-8-9-2-4-11(16)5-3-9/h2-7H,8,18H2,1H3,(H,19,20). The maximum atomic E-state index is 11.6. The Morgan fingerprint density at radius 2 is 1.91 bits per heavy atom. The number of nitrogens with one attached hydrogen (secondary N) is 1. The first-order valence-corrected chi connectivity index (χ1v) is 7.89. The van der Waals surface area contributed by atoms with E-state index in [1.165, 1.54) is 7.11 Å². The summed E-state index contributed by atoms with van der Waals surface area (Å²) in [5, 5.41) is 0. The minimum Gasteiger partial charge on any atom is -0.493 e. The molecule has 0 bridgehead atoms. The lowest BCUT2D eigenvalue weighted by molar-refractivity contribution is 0.0953. The molecule has 0 atom stereocenters. The van der Waals surface area contributed by atoms with Gasteiger partial charge in [-0.1, -0.05) is 28.1 Å². The molecule has 0 fully saturated rings. The summed E-state index contributed by atoms with van der Waals surface area (Å²) in [7, 11) is 1.51. The molecule has 1 amide bonds. The average molecular weight is 430 g/mol. The minimum absolute atomic E-state index is 0.377. The molecule has 0 aliphatic carbocycles. The quantitative estimate of drug-likeness (QED) is 0.434. The van der Waals surface area contributed by atoms with Crippen LogP contribution in [0, 0.1) is 0 Å². The van der Waals surface area contributed by atoms with E-state index in [1.54, 1.807) is 12.1 Å². The summed E-state index contributed by atoms with van der Waals surface area (Å²) in [6.07, 6.45) is 0. The van der Waals surface area contributed by atoms with Crippen molar-refractivity contribution < 1.29 is 14.3 Å². The van der Waals surface area contributed by atoms with Crippen LogP contribution in [0.4, 0.5) is 0 Å². The van der Waals surface area contributed by atoms with Gasteiger partial charge < -0.3 is 9.47 Å². The van der Waals surface area contributed by atoms with Crippen LogP contribution in [0.2, 0.25) is 0 Å². The molecule has 0 saturated heterocycles. The number of nitrogen functional groups attached to an aromatic ring is 1. The van der Waals surface area contributed by atoms with Gasteiger partial charge in [-0.2, -0.15) is 0 Å². The summed E-state index contributed by atoms with van der Waals surface area (Å²) in [4.78, 5) is 11.6. The Morgan fingerprint density at radius 1 is 1.23 bits per heavy atom. The van der Waals surface area contributed by atoms with Gasteiger partial charge in [0, 0.05) is 10.0 Å². The second-order valence-corrected chi connectivity index (χ2v) is 6.15. The third kappa shape index (κ3) is 4.00. The molecule has 22 heavy (non-hydrogen) atoms. The van der Waals surface area contributed by atoms with Crippen molar-refractivity contribution in [1.82, 2.24) is 5.43 Å². The van der Waals surface area contributed by atoms with Crippen molar-refractivity contribution in [3.8, 4) is 11.5 Å². The van der Waals surface area contributed by atoms with E-state index in [-0.39, 0.29) is 0 Å². The third-order valence-electron chi connectivity index (χ3n) is 2.92. The van der Waals surface area contributed by atoms with Crippen LogP contribution in [0.25, 0.3) is 0 Å². The van der Waals surface area contributed by atoms with Gasteiger partial charge in [-0.3, -0.25) is 10.2 Å². The lowest BCUT2D eigenvalue weighted by Crippen LogP contribution is -2.30. The van der Waals surface area contributed by atoms with E-state index in [4.69, 9.17) is 15.3 Å². The maximum Gasteiger partial charge on any atom is 0.265 e. The number of methoxy groups -OCH3 is 1. The molecule has 0 aliphatic heterocycles. The number of hydrogen-bond donors (Lipinski definition) is 2. The lowest BCUT2D eigenvalue weighted by atomic mass is 10.2. The van der Waals surface area contributed by atoms with Gasteiger partial charge in [-0.15, -0.1) is 0 Å². The van der Waals surface area contributed by atoms with Gasteiger partial charge >= 0.3 is 0 Å². The molecule has 2 aromatic rings. The zero-order valence-electron chi connectivity index (χ0n) is 11.7. The van der Waals surface area contributed by atoms with Gasteiger partial charge in [0.2, 0.25) is 0 Å². The Kier molecular flexibility index (Phi) is 5.82. The minimum atomic E-state index is -0.404. The van der Waals surface area contributed by atoms with E-state index in [2.05, 4.69) is 37.3 Å². The summed E-state index contributed by atoms with van der Waals surface area (Å²) < 4.78 is 12.7. The fraction of sp³-hybridized carbons (Fsp3) is 0.133. The van der Waals surface area contributed by atoms with E-state index in [0.717, 1.165) is 10.0 Å². The molecule has 0 radical (unpaired) electrons. The highest BCUT2D eigenvalue weighted by Gasteiger charge is 2.15. The van der Waals surface area contributed by atoms with E-state index < -0.39 is 5.91 Å². The van der Waals surface area contributed by atoms with Crippen LogP contribution < -0.4 is 20.7 Å². The van der Waals surface area contributed by atoms with Crippen LogP contribution in [0.15, 0.2) is 45.3 Å². The van der Waals surface area contributed by atoms with Gasteiger partial charge in [0.25, 0.3) is 5.91 Å². The first-order chi connectivity index (χ1) is 10.5. The summed E-state index contributed by atoms with van der Waals surface area (Å²) in [6.45, 7) is 0.380. The highest BCUT2D eigenvalue weighted by atomic mass is 79.9. The Balaban J connectivity index is 2.23. The van der Waals surface area contributed by atoms with Crippen molar-refractivity contribution in [2.24, 2.45) is 5.84 Å². The fourth-order valence-electron chi connectivity index (χ4n) is 1.81. The smallest absolute Gasteiger partial charge is 0.265 e. The molecule has 0 spiro atoms. The van der Waals surface area contributed by atoms with Crippen molar-refractivity contribution >= 4 is 37.8 Å². The second-order valence-electron chi connectivity index (χ2n) is 4.38. The number of carbonyl (C=O) groups excluding carboxylic acids is 1. The molecule has 0 heterocycles. The number of rotatable bonds is 5. The fourth-order valence-corrected chi connectivity index (χ4v) is 2.63. The van der Waals surface area contributed by atoms with Crippen molar-refractivity contribution in [2.75, 3.05) is 7.11 Å².